The van der Waals surface area contributed by atoms with Crippen LogP contribution in [0.5, 0.6) is 0 Å². The van der Waals surface area contributed by atoms with Gasteiger partial charge in [0.1, 0.15) is 0 Å². The fourth-order valence-corrected chi connectivity index (χ4v) is 2.81. The van der Waals surface area contributed by atoms with Crippen molar-refractivity contribution in [1.82, 2.24) is 10.6 Å². The SMILES string of the molecule is CCCCCCCCCCNC(=S)NC(C)c1ccccc1. The van der Waals surface area contributed by atoms with Gasteiger partial charge in [0.05, 0.1) is 6.04 Å². The second-order valence-electron chi connectivity index (χ2n) is 6.01. The standard InChI is InChI=1S/C19H32N2S/c1-3-4-5-6-7-8-9-13-16-20-19(22)21-17(2)18-14-11-10-12-15-18/h10-12,14-15,17H,3-9,13,16H2,1-2H3,(H2,20,21,22). The molecule has 1 rings (SSSR count). The normalized spacial score (nSPS) is 11.9. The Balaban J connectivity index is 2.00. The summed E-state index contributed by atoms with van der Waals surface area (Å²) in [4.78, 5) is 0. The Kier molecular flexibility index (Phi) is 10.7. The van der Waals surface area contributed by atoms with E-state index in [-0.39, 0.29) is 6.04 Å². The van der Waals surface area contributed by atoms with Crippen molar-refractivity contribution in [2.24, 2.45) is 0 Å². The molecule has 0 bridgehead atoms. The van der Waals surface area contributed by atoms with Gasteiger partial charge in [0.2, 0.25) is 0 Å². The number of unbranched alkanes of at least 4 members (excludes halogenated alkanes) is 7. The first-order chi connectivity index (χ1) is 10.7. The van der Waals surface area contributed by atoms with Gasteiger partial charge in [-0.3, -0.25) is 0 Å². The van der Waals surface area contributed by atoms with Crippen molar-refractivity contribution < 1.29 is 0 Å². The molecule has 124 valence electrons. The Morgan fingerprint density at radius 2 is 1.55 bits per heavy atom. The van der Waals surface area contributed by atoms with Crippen LogP contribution in [-0.4, -0.2) is 11.7 Å². The van der Waals surface area contributed by atoms with Crippen LogP contribution in [0.4, 0.5) is 0 Å². The number of hydrogen-bond donors (Lipinski definition) is 2. The topological polar surface area (TPSA) is 24.1 Å². The summed E-state index contributed by atoms with van der Waals surface area (Å²) in [5.41, 5.74) is 1.26. The first kappa shape index (κ1) is 19.0. The summed E-state index contributed by atoms with van der Waals surface area (Å²) in [5.74, 6) is 0. The highest BCUT2D eigenvalue weighted by Gasteiger charge is 2.05. The van der Waals surface area contributed by atoms with E-state index in [0.29, 0.717) is 0 Å². The molecule has 0 spiro atoms. The van der Waals surface area contributed by atoms with E-state index in [4.69, 9.17) is 12.2 Å². The fourth-order valence-electron chi connectivity index (χ4n) is 2.53. The first-order valence-electron chi connectivity index (χ1n) is 8.83. The van der Waals surface area contributed by atoms with E-state index in [2.05, 4.69) is 48.7 Å². The van der Waals surface area contributed by atoms with Gasteiger partial charge in [-0.25, -0.2) is 0 Å². The van der Waals surface area contributed by atoms with Crippen molar-refractivity contribution in [3.63, 3.8) is 0 Å². The van der Waals surface area contributed by atoms with Crippen molar-refractivity contribution in [3.05, 3.63) is 35.9 Å². The van der Waals surface area contributed by atoms with Crippen LogP contribution in [0.15, 0.2) is 30.3 Å². The smallest absolute Gasteiger partial charge is 0.166 e. The molecule has 1 unspecified atom stereocenters. The van der Waals surface area contributed by atoms with Crippen LogP contribution in [0.2, 0.25) is 0 Å². The summed E-state index contributed by atoms with van der Waals surface area (Å²) in [5, 5.41) is 7.42. The Labute approximate surface area is 142 Å². The van der Waals surface area contributed by atoms with Gasteiger partial charge in [0.25, 0.3) is 0 Å². The minimum absolute atomic E-state index is 0.250. The fraction of sp³-hybridized carbons (Fsp3) is 0.632. The number of hydrogen-bond acceptors (Lipinski definition) is 1. The second kappa shape index (κ2) is 12.5. The van der Waals surface area contributed by atoms with Crippen LogP contribution >= 0.6 is 12.2 Å². The van der Waals surface area contributed by atoms with Crippen molar-refractivity contribution >= 4 is 17.3 Å². The molecule has 22 heavy (non-hydrogen) atoms. The minimum Gasteiger partial charge on any atom is -0.363 e. The van der Waals surface area contributed by atoms with E-state index in [1.165, 1.54) is 56.9 Å². The lowest BCUT2D eigenvalue weighted by Crippen LogP contribution is -2.37. The zero-order valence-electron chi connectivity index (χ0n) is 14.2. The Morgan fingerprint density at radius 1 is 0.955 bits per heavy atom. The third-order valence-electron chi connectivity index (χ3n) is 3.96. The molecular weight excluding hydrogens is 288 g/mol. The predicted octanol–water partition coefficient (Wildman–Crippen LogP) is 5.35. The van der Waals surface area contributed by atoms with E-state index in [1.807, 2.05) is 6.07 Å². The molecule has 1 aromatic carbocycles. The van der Waals surface area contributed by atoms with Crippen LogP contribution in [0.3, 0.4) is 0 Å². The van der Waals surface area contributed by atoms with Crippen molar-refractivity contribution in [3.8, 4) is 0 Å². The summed E-state index contributed by atoms with van der Waals surface area (Å²) in [6.07, 6.45) is 10.8. The van der Waals surface area contributed by atoms with Crippen LogP contribution in [0.1, 0.15) is 76.8 Å². The van der Waals surface area contributed by atoms with E-state index in [9.17, 15) is 0 Å². The highest BCUT2D eigenvalue weighted by atomic mass is 32.1. The lowest BCUT2D eigenvalue weighted by atomic mass is 10.1. The highest BCUT2D eigenvalue weighted by Crippen LogP contribution is 2.11. The molecule has 0 aliphatic rings. The molecule has 1 atom stereocenters. The zero-order chi connectivity index (χ0) is 16.0. The first-order valence-corrected chi connectivity index (χ1v) is 9.24. The van der Waals surface area contributed by atoms with Crippen molar-refractivity contribution in [2.75, 3.05) is 6.54 Å². The lowest BCUT2D eigenvalue weighted by molar-refractivity contribution is 0.571. The van der Waals surface area contributed by atoms with E-state index in [0.717, 1.165) is 11.7 Å². The zero-order valence-corrected chi connectivity index (χ0v) is 15.1. The maximum atomic E-state index is 5.36. The molecule has 0 saturated carbocycles. The molecule has 0 saturated heterocycles. The maximum absolute atomic E-state index is 5.36. The third-order valence-corrected chi connectivity index (χ3v) is 4.23. The summed E-state index contributed by atoms with van der Waals surface area (Å²) in [6, 6.07) is 10.7. The quantitative estimate of drug-likeness (QED) is 0.424. The van der Waals surface area contributed by atoms with Crippen LogP contribution in [0.25, 0.3) is 0 Å². The van der Waals surface area contributed by atoms with E-state index in [1.54, 1.807) is 0 Å². The van der Waals surface area contributed by atoms with Crippen LogP contribution in [0, 0.1) is 0 Å². The third kappa shape index (κ3) is 9.04. The van der Waals surface area contributed by atoms with Gasteiger partial charge in [-0.05, 0) is 31.1 Å². The van der Waals surface area contributed by atoms with Crippen LogP contribution < -0.4 is 10.6 Å². The molecule has 2 N–H and O–H groups in total. The Morgan fingerprint density at radius 3 is 2.18 bits per heavy atom. The summed E-state index contributed by atoms with van der Waals surface area (Å²) in [7, 11) is 0. The van der Waals surface area contributed by atoms with Crippen LogP contribution in [-0.2, 0) is 0 Å². The molecule has 2 nitrogen and oxygen atoms in total. The molecule has 0 fully saturated rings. The molecule has 0 radical (unpaired) electrons. The molecule has 0 aliphatic heterocycles. The number of thiocarbonyl (C=S) groups is 1. The lowest BCUT2D eigenvalue weighted by Gasteiger charge is -2.17. The largest absolute Gasteiger partial charge is 0.363 e. The van der Waals surface area contributed by atoms with Crippen molar-refractivity contribution in [2.45, 2.75) is 71.3 Å². The van der Waals surface area contributed by atoms with E-state index >= 15 is 0 Å². The maximum Gasteiger partial charge on any atom is 0.166 e. The monoisotopic (exact) mass is 320 g/mol. The molecule has 3 heteroatoms. The molecule has 0 aromatic heterocycles. The van der Waals surface area contributed by atoms with Gasteiger partial charge >= 0.3 is 0 Å². The summed E-state index contributed by atoms with van der Waals surface area (Å²) >= 11 is 5.36. The highest BCUT2D eigenvalue weighted by molar-refractivity contribution is 7.80. The number of rotatable bonds is 11. The van der Waals surface area contributed by atoms with Crippen molar-refractivity contribution in [1.29, 1.82) is 0 Å². The van der Waals surface area contributed by atoms with Gasteiger partial charge < -0.3 is 10.6 Å². The van der Waals surface area contributed by atoms with Gasteiger partial charge in [-0.1, -0.05) is 82.2 Å². The minimum atomic E-state index is 0.250. The summed E-state index contributed by atoms with van der Waals surface area (Å²) in [6.45, 7) is 5.38. The van der Waals surface area contributed by atoms with Gasteiger partial charge in [-0.15, -0.1) is 0 Å². The molecule has 0 heterocycles. The predicted molar refractivity (Wildman–Crippen MR) is 101 cm³/mol. The van der Waals surface area contributed by atoms with Gasteiger partial charge in [-0.2, -0.15) is 0 Å². The Hall–Kier alpha value is -1.09. The number of nitrogens with one attached hydrogen (secondary N) is 2. The Bertz CT molecular complexity index is 392. The molecule has 1 aromatic rings. The molecule has 0 aliphatic carbocycles. The second-order valence-corrected chi connectivity index (χ2v) is 6.42. The average Bonchev–Trinajstić information content (AvgIpc) is 2.54. The molecule has 0 amide bonds. The average molecular weight is 321 g/mol. The number of benzene rings is 1. The van der Waals surface area contributed by atoms with Gasteiger partial charge in [0, 0.05) is 6.54 Å². The summed E-state index contributed by atoms with van der Waals surface area (Å²) < 4.78 is 0. The van der Waals surface area contributed by atoms with Gasteiger partial charge in [0.15, 0.2) is 5.11 Å². The van der Waals surface area contributed by atoms with E-state index < -0.39 is 0 Å². The molecular formula is C19H32N2S.